The van der Waals surface area contributed by atoms with Crippen molar-refractivity contribution in [2.24, 2.45) is 5.92 Å². The highest BCUT2D eigenvalue weighted by atomic mass is 32.2. The van der Waals surface area contributed by atoms with Crippen LogP contribution in [0, 0.1) is 5.92 Å². The Bertz CT molecular complexity index is 741. The van der Waals surface area contributed by atoms with Crippen LogP contribution >= 0.6 is 0 Å². The zero-order valence-corrected chi connectivity index (χ0v) is 16.1. The summed E-state index contributed by atoms with van der Waals surface area (Å²) in [4.78, 5) is 23.8. The Kier molecular flexibility index (Phi) is 6.77. The number of amides is 1. The Labute approximate surface area is 154 Å². The number of esters is 1. The Balaban J connectivity index is 1.88. The smallest absolute Gasteiger partial charge is 0.338 e. The van der Waals surface area contributed by atoms with Crippen LogP contribution in [0.15, 0.2) is 29.2 Å². The van der Waals surface area contributed by atoms with Crippen LogP contribution < -0.4 is 10.0 Å². The van der Waals surface area contributed by atoms with Gasteiger partial charge < -0.3 is 10.1 Å². The van der Waals surface area contributed by atoms with E-state index < -0.39 is 16.0 Å². The van der Waals surface area contributed by atoms with Gasteiger partial charge in [0.05, 0.1) is 10.5 Å². The minimum Gasteiger partial charge on any atom is -0.452 e. The van der Waals surface area contributed by atoms with E-state index in [2.05, 4.69) is 10.0 Å². The van der Waals surface area contributed by atoms with Crippen LogP contribution in [0.5, 0.6) is 0 Å². The number of nitrogens with one attached hydrogen (secondary N) is 2. The highest BCUT2D eigenvalue weighted by Crippen LogP contribution is 2.32. The van der Waals surface area contributed by atoms with E-state index in [4.69, 9.17) is 4.74 Å². The molecule has 144 valence electrons. The molecule has 0 heterocycles. The van der Waals surface area contributed by atoms with Gasteiger partial charge in [-0.2, -0.15) is 0 Å². The van der Waals surface area contributed by atoms with E-state index in [0.29, 0.717) is 12.3 Å². The maximum absolute atomic E-state index is 12.2. The van der Waals surface area contributed by atoms with Crippen LogP contribution in [-0.2, 0) is 19.6 Å². The molecule has 0 radical (unpaired) electrons. The first-order chi connectivity index (χ1) is 12.2. The molecule has 0 bridgehead atoms. The predicted octanol–water partition coefficient (Wildman–Crippen LogP) is 1.83. The molecule has 1 aromatic rings. The van der Waals surface area contributed by atoms with E-state index in [1.54, 1.807) is 6.92 Å². The van der Waals surface area contributed by atoms with E-state index in [0.717, 1.165) is 12.8 Å². The summed E-state index contributed by atoms with van der Waals surface area (Å²) in [6.45, 7) is 5.24. The molecule has 7 nitrogen and oxygen atoms in total. The van der Waals surface area contributed by atoms with Crippen molar-refractivity contribution in [2.45, 2.75) is 57.0 Å². The molecule has 1 saturated carbocycles. The molecule has 1 aliphatic carbocycles. The van der Waals surface area contributed by atoms with Gasteiger partial charge in [-0.15, -0.1) is 0 Å². The lowest BCUT2D eigenvalue weighted by Gasteiger charge is -2.13. The average molecular weight is 382 g/mol. The van der Waals surface area contributed by atoms with Crippen molar-refractivity contribution < 1.29 is 22.7 Å². The third kappa shape index (κ3) is 5.81. The van der Waals surface area contributed by atoms with E-state index in [1.165, 1.54) is 24.3 Å². The highest BCUT2D eigenvalue weighted by Gasteiger charge is 2.29. The van der Waals surface area contributed by atoms with E-state index in [1.807, 2.05) is 13.8 Å². The molecule has 0 spiro atoms. The number of hydrogen-bond acceptors (Lipinski definition) is 5. The molecule has 0 aliphatic heterocycles. The van der Waals surface area contributed by atoms with Gasteiger partial charge in [0.15, 0.2) is 6.61 Å². The molecule has 2 atom stereocenters. The largest absolute Gasteiger partial charge is 0.452 e. The van der Waals surface area contributed by atoms with Gasteiger partial charge in [0.2, 0.25) is 10.0 Å². The first kappa shape index (κ1) is 20.4. The molecular weight excluding hydrogens is 356 g/mol. The Morgan fingerprint density at radius 3 is 2.35 bits per heavy atom. The van der Waals surface area contributed by atoms with Gasteiger partial charge in [-0.3, -0.25) is 4.79 Å². The number of hydrogen-bond donors (Lipinski definition) is 2. The van der Waals surface area contributed by atoms with Crippen molar-refractivity contribution in [3.63, 3.8) is 0 Å². The van der Waals surface area contributed by atoms with Crippen molar-refractivity contribution in [3.8, 4) is 0 Å². The topological polar surface area (TPSA) is 102 Å². The number of benzene rings is 1. The molecule has 0 saturated heterocycles. The van der Waals surface area contributed by atoms with Gasteiger partial charge in [-0.25, -0.2) is 17.9 Å². The lowest BCUT2D eigenvalue weighted by molar-refractivity contribution is -0.124. The zero-order chi connectivity index (χ0) is 19.3. The summed E-state index contributed by atoms with van der Waals surface area (Å²) in [6, 6.07) is 5.34. The number of rotatable bonds is 9. The summed E-state index contributed by atoms with van der Waals surface area (Å²) in [7, 11) is -3.62. The van der Waals surface area contributed by atoms with Crippen LogP contribution in [-0.4, -0.2) is 39.0 Å². The standard InChI is InChI=1S/C18H26N2O5S/c1-4-12(2)20-26(23,24)16-9-7-15(8-10-16)18(22)25-11-17(21)19-13(3)14-5-6-14/h7-10,12-14,20H,4-6,11H2,1-3H3,(H,19,21)/t12-,13-/m0/s1. The van der Waals surface area contributed by atoms with Crippen molar-refractivity contribution in [3.05, 3.63) is 29.8 Å². The fourth-order valence-corrected chi connectivity index (χ4v) is 3.74. The van der Waals surface area contributed by atoms with Crippen molar-refractivity contribution >= 4 is 21.9 Å². The first-order valence-corrected chi connectivity index (χ1v) is 10.3. The predicted molar refractivity (Wildman–Crippen MR) is 97.1 cm³/mol. The van der Waals surface area contributed by atoms with Crippen molar-refractivity contribution in [2.75, 3.05) is 6.61 Å². The van der Waals surface area contributed by atoms with Crippen LogP contribution in [0.25, 0.3) is 0 Å². The summed E-state index contributed by atoms with van der Waals surface area (Å²) >= 11 is 0. The zero-order valence-electron chi connectivity index (χ0n) is 15.3. The second-order valence-electron chi connectivity index (χ2n) is 6.72. The first-order valence-electron chi connectivity index (χ1n) is 8.81. The van der Waals surface area contributed by atoms with Gasteiger partial charge in [-0.1, -0.05) is 6.92 Å². The summed E-state index contributed by atoms with van der Waals surface area (Å²) in [5.74, 6) is -0.485. The van der Waals surface area contributed by atoms with Gasteiger partial charge in [-0.05, 0) is 63.3 Å². The molecule has 1 amide bonds. The fourth-order valence-electron chi connectivity index (χ4n) is 2.41. The number of carbonyl (C=O) groups is 2. The number of ether oxygens (including phenoxy) is 1. The van der Waals surface area contributed by atoms with Crippen LogP contribution in [0.2, 0.25) is 0 Å². The minimum absolute atomic E-state index is 0.0744. The van der Waals surface area contributed by atoms with Crippen LogP contribution in [0.3, 0.4) is 0 Å². The molecular formula is C18H26N2O5S. The lowest BCUT2D eigenvalue weighted by atomic mass is 10.2. The quantitative estimate of drug-likeness (QED) is 0.635. The van der Waals surface area contributed by atoms with Gasteiger partial charge in [0, 0.05) is 12.1 Å². The maximum atomic E-state index is 12.2. The molecule has 0 unspecified atom stereocenters. The normalized spacial score (nSPS) is 16.6. The second-order valence-corrected chi connectivity index (χ2v) is 8.44. The summed E-state index contributed by atoms with van der Waals surface area (Å²) in [5, 5.41) is 2.80. The van der Waals surface area contributed by atoms with Crippen molar-refractivity contribution in [1.29, 1.82) is 0 Å². The molecule has 2 rings (SSSR count). The van der Waals surface area contributed by atoms with Crippen molar-refractivity contribution in [1.82, 2.24) is 10.0 Å². The molecule has 8 heteroatoms. The van der Waals surface area contributed by atoms with E-state index >= 15 is 0 Å². The molecule has 2 N–H and O–H groups in total. The highest BCUT2D eigenvalue weighted by molar-refractivity contribution is 7.89. The second kappa shape index (κ2) is 8.64. The SMILES string of the molecule is CC[C@H](C)NS(=O)(=O)c1ccc(C(=O)OCC(=O)N[C@@H](C)C2CC2)cc1. The molecule has 1 aromatic carbocycles. The molecule has 1 aliphatic rings. The van der Waals surface area contributed by atoms with E-state index in [9.17, 15) is 18.0 Å². The minimum atomic E-state index is -3.62. The van der Waals surface area contributed by atoms with Gasteiger partial charge >= 0.3 is 5.97 Å². The average Bonchev–Trinajstić information content (AvgIpc) is 3.44. The third-order valence-corrected chi connectivity index (χ3v) is 6.03. The van der Waals surface area contributed by atoms with Gasteiger partial charge in [0.1, 0.15) is 0 Å². The summed E-state index contributed by atoms with van der Waals surface area (Å²) in [5.41, 5.74) is 0.190. The third-order valence-electron chi connectivity index (χ3n) is 4.42. The molecule has 26 heavy (non-hydrogen) atoms. The van der Waals surface area contributed by atoms with Gasteiger partial charge in [0.25, 0.3) is 5.91 Å². The number of carbonyl (C=O) groups excluding carboxylic acids is 2. The monoisotopic (exact) mass is 382 g/mol. The lowest BCUT2D eigenvalue weighted by Crippen LogP contribution is -2.37. The number of sulfonamides is 1. The fraction of sp³-hybridized carbons (Fsp3) is 0.556. The van der Waals surface area contributed by atoms with E-state index in [-0.39, 0.29) is 35.1 Å². The summed E-state index contributed by atoms with van der Waals surface area (Å²) < 4.78 is 31.9. The Hall–Kier alpha value is -1.93. The molecule has 1 fully saturated rings. The Morgan fingerprint density at radius 1 is 1.19 bits per heavy atom. The maximum Gasteiger partial charge on any atom is 0.338 e. The van der Waals surface area contributed by atoms with Crippen LogP contribution in [0.1, 0.15) is 50.4 Å². The Morgan fingerprint density at radius 2 is 1.81 bits per heavy atom. The van der Waals surface area contributed by atoms with Crippen LogP contribution in [0.4, 0.5) is 0 Å². The summed E-state index contributed by atoms with van der Waals surface area (Å²) in [6.07, 6.45) is 2.90. The molecule has 0 aromatic heterocycles.